The average molecular weight is 751 g/mol. The Morgan fingerprint density at radius 2 is 1.31 bits per heavy atom. The standard InChI is InChI=1S/C17H15F4NO3.C9H10O2.C8H8F3NO2.ClH/c1-10-6-7-12(8-14(10)23)11(2)22-24-9-13-4-3-5-15(16(13)18)25-17(19,20)21;1-6-3-4-8(7(2)10)5-9(6)11;9-8(10,11)14-7-3-1-2-6(4-7)5-13-12;/h3-8,23H,9H2,1-2H3;3-5,11H,1-2H3;1-4H,5,12H2;1H/b22-11+;;;. The molecule has 278 valence electrons. The van der Waals surface area contributed by atoms with Gasteiger partial charge in [-0.15, -0.1) is 38.7 Å². The third kappa shape index (κ3) is 16.0. The fourth-order valence-corrected chi connectivity index (χ4v) is 3.71. The topological polar surface area (TPSA) is 133 Å². The molecule has 4 aromatic rings. The molecule has 0 unspecified atom stereocenters. The van der Waals surface area contributed by atoms with E-state index in [2.05, 4.69) is 19.5 Å². The highest BCUT2D eigenvalue weighted by atomic mass is 35.5. The van der Waals surface area contributed by atoms with Crippen LogP contribution in [0.5, 0.6) is 23.0 Å². The van der Waals surface area contributed by atoms with Crippen LogP contribution in [0.4, 0.5) is 30.7 Å². The minimum atomic E-state index is -4.98. The van der Waals surface area contributed by atoms with E-state index >= 15 is 0 Å². The molecule has 51 heavy (non-hydrogen) atoms. The Labute approximate surface area is 294 Å². The molecular weight excluding hydrogens is 717 g/mol. The molecule has 0 spiro atoms. The Hall–Kier alpha value is -5.06. The summed E-state index contributed by atoms with van der Waals surface area (Å²) in [6.45, 7) is 6.28. The number of ketones is 1. The lowest BCUT2D eigenvalue weighted by atomic mass is 10.1. The van der Waals surface area contributed by atoms with Crippen LogP contribution in [0.15, 0.2) is 84.0 Å². The van der Waals surface area contributed by atoms with Crippen molar-refractivity contribution in [3.63, 3.8) is 0 Å². The predicted octanol–water partition coefficient (Wildman–Crippen LogP) is 8.98. The normalized spacial score (nSPS) is 11.2. The summed E-state index contributed by atoms with van der Waals surface area (Å²) in [5, 5.41) is 22.6. The Balaban J connectivity index is 0.000000422. The molecular formula is C34H34ClF7N2O7. The summed E-state index contributed by atoms with van der Waals surface area (Å²) in [4.78, 5) is 20.1. The van der Waals surface area contributed by atoms with Gasteiger partial charge in [0.15, 0.2) is 17.3 Å². The zero-order chi connectivity index (χ0) is 37.6. The quantitative estimate of drug-likeness (QED) is 0.0669. The van der Waals surface area contributed by atoms with E-state index < -0.39 is 24.3 Å². The van der Waals surface area contributed by atoms with Crippen LogP contribution in [0.25, 0.3) is 0 Å². The molecule has 0 amide bonds. The summed E-state index contributed by atoms with van der Waals surface area (Å²) in [5.41, 5.74) is 3.42. The van der Waals surface area contributed by atoms with E-state index in [0.717, 1.165) is 11.6 Å². The SMILES string of the molecule is C/C(=N\OCc1cccc(OC(F)(F)F)c1F)c1ccc(C)c(O)c1.CC(=O)c1ccc(C)c(O)c1.Cl.NOCc1cccc(OC(F)(F)F)c1. The number of benzene rings is 4. The van der Waals surface area contributed by atoms with Gasteiger partial charge in [-0.1, -0.05) is 53.7 Å². The van der Waals surface area contributed by atoms with Gasteiger partial charge in [-0.2, -0.15) is 0 Å². The number of aryl methyl sites for hydroxylation is 2. The summed E-state index contributed by atoms with van der Waals surface area (Å²) in [6.07, 6.45) is -9.66. The molecule has 4 aromatic carbocycles. The van der Waals surface area contributed by atoms with Crippen molar-refractivity contribution in [2.75, 3.05) is 0 Å². The van der Waals surface area contributed by atoms with Crippen LogP contribution in [0, 0.1) is 19.7 Å². The van der Waals surface area contributed by atoms with E-state index in [1.807, 2.05) is 0 Å². The van der Waals surface area contributed by atoms with Gasteiger partial charge in [0, 0.05) is 16.7 Å². The number of carbonyl (C=O) groups is 1. The molecule has 17 heteroatoms. The maximum atomic E-state index is 14.0. The van der Waals surface area contributed by atoms with Crippen molar-refractivity contribution >= 4 is 23.9 Å². The van der Waals surface area contributed by atoms with Gasteiger partial charge in [0.25, 0.3) is 0 Å². The van der Waals surface area contributed by atoms with E-state index in [-0.39, 0.29) is 54.2 Å². The van der Waals surface area contributed by atoms with Gasteiger partial charge in [-0.3, -0.25) is 9.63 Å². The first-order valence-corrected chi connectivity index (χ1v) is 14.3. The molecule has 0 aliphatic carbocycles. The highest BCUT2D eigenvalue weighted by Crippen LogP contribution is 2.28. The van der Waals surface area contributed by atoms with Crippen molar-refractivity contribution in [3.05, 3.63) is 118 Å². The lowest BCUT2D eigenvalue weighted by molar-refractivity contribution is -0.276. The third-order valence-electron chi connectivity index (χ3n) is 6.32. The third-order valence-corrected chi connectivity index (χ3v) is 6.32. The smallest absolute Gasteiger partial charge is 0.508 e. The van der Waals surface area contributed by atoms with E-state index in [0.29, 0.717) is 28.0 Å². The molecule has 0 aliphatic rings. The average Bonchev–Trinajstić information content (AvgIpc) is 3.01. The monoisotopic (exact) mass is 750 g/mol. The zero-order valence-corrected chi connectivity index (χ0v) is 28.3. The van der Waals surface area contributed by atoms with Crippen molar-refractivity contribution in [3.8, 4) is 23.0 Å². The molecule has 4 rings (SSSR count). The molecule has 0 aromatic heterocycles. The first kappa shape index (κ1) is 44.0. The highest BCUT2D eigenvalue weighted by Gasteiger charge is 2.33. The maximum Gasteiger partial charge on any atom is 0.573 e. The first-order valence-electron chi connectivity index (χ1n) is 14.3. The molecule has 0 aliphatic heterocycles. The number of ether oxygens (including phenoxy) is 2. The number of carbonyl (C=O) groups excluding carboxylic acids is 1. The number of nitrogens with two attached hydrogens (primary N) is 1. The summed E-state index contributed by atoms with van der Waals surface area (Å²) >= 11 is 0. The van der Waals surface area contributed by atoms with Gasteiger partial charge >= 0.3 is 12.7 Å². The highest BCUT2D eigenvalue weighted by molar-refractivity contribution is 5.98. The number of phenols is 2. The Morgan fingerprint density at radius 3 is 1.84 bits per heavy atom. The Kier molecular flexibility index (Phi) is 17.2. The summed E-state index contributed by atoms with van der Waals surface area (Å²) < 4.78 is 93.2. The number of Topliss-reactive ketones (excluding diaryl/α,β-unsaturated/α-hetero) is 1. The number of hydrogen-bond acceptors (Lipinski definition) is 9. The molecule has 0 heterocycles. The van der Waals surface area contributed by atoms with Crippen molar-refractivity contribution < 1.29 is 64.9 Å². The van der Waals surface area contributed by atoms with Crippen LogP contribution in [-0.4, -0.2) is 34.4 Å². The van der Waals surface area contributed by atoms with Gasteiger partial charge in [-0.05, 0) is 74.7 Å². The van der Waals surface area contributed by atoms with E-state index in [4.69, 9.17) is 10.7 Å². The summed E-state index contributed by atoms with van der Waals surface area (Å²) in [7, 11) is 0. The number of rotatable bonds is 9. The number of alkyl halides is 6. The van der Waals surface area contributed by atoms with Crippen LogP contribution < -0.4 is 15.4 Å². The zero-order valence-electron chi connectivity index (χ0n) is 27.4. The van der Waals surface area contributed by atoms with Crippen LogP contribution >= 0.6 is 12.4 Å². The summed E-state index contributed by atoms with van der Waals surface area (Å²) in [6, 6.07) is 18.6. The van der Waals surface area contributed by atoms with Crippen LogP contribution in [0.1, 0.15) is 52.0 Å². The van der Waals surface area contributed by atoms with E-state index in [1.165, 1.54) is 49.4 Å². The van der Waals surface area contributed by atoms with Crippen LogP contribution in [0.2, 0.25) is 0 Å². The number of phenolic OH excluding ortho intramolecular Hbond substituents is 2. The van der Waals surface area contributed by atoms with Gasteiger partial charge in [0.05, 0.1) is 12.3 Å². The fourth-order valence-electron chi connectivity index (χ4n) is 3.71. The van der Waals surface area contributed by atoms with E-state index in [1.54, 1.807) is 51.1 Å². The second-order valence-corrected chi connectivity index (χ2v) is 10.3. The predicted molar refractivity (Wildman–Crippen MR) is 175 cm³/mol. The largest absolute Gasteiger partial charge is 0.573 e. The first-order chi connectivity index (χ1) is 23.3. The van der Waals surface area contributed by atoms with Crippen molar-refractivity contribution in [1.82, 2.24) is 0 Å². The van der Waals surface area contributed by atoms with Crippen LogP contribution in [-0.2, 0) is 22.9 Å². The molecule has 0 radical (unpaired) electrons. The molecule has 9 nitrogen and oxygen atoms in total. The van der Waals surface area contributed by atoms with E-state index in [9.17, 15) is 45.7 Å². The lowest BCUT2D eigenvalue weighted by Crippen LogP contribution is -2.18. The van der Waals surface area contributed by atoms with Gasteiger partial charge in [-0.25, -0.2) is 10.3 Å². The molecule has 0 saturated carbocycles. The molecule has 0 atom stereocenters. The Morgan fingerprint density at radius 1 is 0.765 bits per heavy atom. The minimum Gasteiger partial charge on any atom is -0.508 e. The number of oxime groups is 1. The summed E-state index contributed by atoms with van der Waals surface area (Å²) in [5.74, 6) is 2.63. The lowest BCUT2D eigenvalue weighted by Gasteiger charge is -2.11. The molecule has 4 N–H and O–H groups in total. The number of hydrogen-bond donors (Lipinski definition) is 3. The maximum absolute atomic E-state index is 14.0. The minimum absolute atomic E-state index is 0. The van der Waals surface area contributed by atoms with Crippen molar-refractivity contribution in [2.24, 2.45) is 11.1 Å². The number of nitrogens with zero attached hydrogens (tertiary/aromatic N) is 1. The van der Waals surface area contributed by atoms with Gasteiger partial charge in [0.1, 0.15) is 23.9 Å². The van der Waals surface area contributed by atoms with Crippen molar-refractivity contribution in [2.45, 2.75) is 53.6 Å². The van der Waals surface area contributed by atoms with Crippen molar-refractivity contribution in [1.29, 1.82) is 0 Å². The van der Waals surface area contributed by atoms with Gasteiger partial charge in [0.2, 0.25) is 0 Å². The second-order valence-electron chi connectivity index (χ2n) is 10.3. The van der Waals surface area contributed by atoms with Crippen LogP contribution in [0.3, 0.4) is 0 Å². The molecule has 0 fully saturated rings. The van der Waals surface area contributed by atoms with Gasteiger partial charge < -0.3 is 24.5 Å². The fraction of sp³-hybridized carbons (Fsp3) is 0.235. The Bertz CT molecular complexity index is 1770. The second kappa shape index (κ2) is 20.0. The number of aromatic hydroxyl groups is 2. The molecule has 0 saturated heterocycles. The number of halogens is 8. The molecule has 0 bridgehead atoms.